The second-order valence-corrected chi connectivity index (χ2v) is 9.09. The van der Waals surface area contributed by atoms with Gasteiger partial charge in [-0.1, -0.05) is 49.4 Å². The number of amides is 1. The zero-order valence-electron chi connectivity index (χ0n) is 21.0. The number of aliphatic hydroxyl groups excluding tert-OH is 1. The van der Waals surface area contributed by atoms with E-state index in [0.717, 1.165) is 23.2 Å². The van der Waals surface area contributed by atoms with E-state index >= 15 is 0 Å². The summed E-state index contributed by atoms with van der Waals surface area (Å²) in [5, 5.41) is 11.3. The Bertz CT molecular complexity index is 1230. The van der Waals surface area contributed by atoms with E-state index in [1.54, 1.807) is 29.2 Å². The van der Waals surface area contributed by atoms with Gasteiger partial charge in [-0.05, 0) is 60.4 Å². The first kappa shape index (κ1) is 25.0. The van der Waals surface area contributed by atoms with Crippen LogP contribution in [0.5, 0.6) is 5.75 Å². The minimum absolute atomic E-state index is 0.105. The topological polar surface area (TPSA) is 70.1 Å². The zero-order chi connectivity index (χ0) is 25.7. The lowest BCUT2D eigenvalue weighted by atomic mass is 9.95. The quantitative estimate of drug-likeness (QED) is 0.257. The van der Waals surface area contributed by atoms with Crippen molar-refractivity contribution in [3.05, 3.63) is 101 Å². The van der Waals surface area contributed by atoms with Crippen LogP contribution in [0.3, 0.4) is 0 Å². The summed E-state index contributed by atoms with van der Waals surface area (Å²) in [6.07, 6.45) is 1.49. The Labute approximate surface area is 212 Å². The summed E-state index contributed by atoms with van der Waals surface area (Å²) in [6.45, 7) is 2.98. The Morgan fingerprint density at radius 2 is 1.61 bits per heavy atom. The van der Waals surface area contributed by atoms with Crippen molar-refractivity contribution in [2.24, 2.45) is 0 Å². The minimum Gasteiger partial charge on any atom is -0.507 e. The van der Waals surface area contributed by atoms with Gasteiger partial charge in [0.05, 0.1) is 18.2 Å². The summed E-state index contributed by atoms with van der Waals surface area (Å²) in [5.74, 6) is -0.766. The number of rotatable bonds is 9. The number of ketones is 1. The molecule has 0 saturated carbocycles. The van der Waals surface area contributed by atoms with Gasteiger partial charge in [0, 0.05) is 31.9 Å². The number of hydrogen-bond acceptors (Lipinski definition) is 5. The second kappa shape index (κ2) is 11.1. The van der Waals surface area contributed by atoms with Gasteiger partial charge in [-0.15, -0.1) is 0 Å². The number of anilines is 1. The molecule has 0 bridgehead atoms. The van der Waals surface area contributed by atoms with E-state index in [0.29, 0.717) is 30.9 Å². The smallest absolute Gasteiger partial charge is 0.295 e. The highest BCUT2D eigenvalue weighted by Gasteiger charge is 2.45. The maximum atomic E-state index is 13.3. The molecular weight excluding hydrogens is 452 g/mol. The lowest BCUT2D eigenvalue weighted by Gasteiger charge is -2.26. The third-order valence-electron chi connectivity index (χ3n) is 6.35. The van der Waals surface area contributed by atoms with Gasteiger partial charge in [-0.25, -0.2) is 0 Å². The van der Waals surface area contributed by atoms with Gasteiger partial charge in [-0.3, -0.25) is 9.59 Å². The monoisotopic (exact) mass is 484 g/mol. The number of aliphatic hydroxyl groups is 1. The number of benzene rings is 3. The summed E-state index contributed by atoms with van der Waals surface area (Å²) in [4.78, 5) is 30.0. The number of likely N-dealkylation sites (tertiary alicyclic amines) is 1. The molecule has 4 rings (SSSR count). The second-order valence-electron chi connectivity index (χ2n) is 9.09. The molecule has 0 aromatic heterocycles. The van der Waals surface area contributed by atoms with Crippen molar-refractivity contribution < 1.29 is 19.4 Å². The van der Waals surface area contributed by atoms with Gasteiger partial charge in [-0.2, -0.15) is 0 Å². The van der Waals surface area contributed by atoms with Gasteiger partial charge >= 0.3 is 0 Å². The van der Waals surface area contributed by atoms with Crippen LogP contribution < -0.4 is 9.64 Å². The number of hydrogen-bond donors (Lipinski definition) is 1. The van der Waals surface area contributed by atoms with Crippen LogP contribution in [0.25, 0.3) is 5.76 Å². The third kappa shape index (κ3) is 5.28. The van der Waals surface area contributed by atoms with Gasteiger partial charge in [0.1, 0.15) is 11.5 Å². The first-order chi connectivity index (χ1) is 17.4. The number of carbonyl (C=O) groups excluding carboxylic acids is 2. The molecule has 186 valence electrons. The molecule has 1 atom stereocenters. The lowest BCUT2D eigenvalue weighted by Crippen LogP contribution is -2.31. The number of ether oxygens (including phenoxy) is 1. The molecule has 0 radical (unpaired) electrons. The molecule has 3 aromatic rings. The van der Waals surface area contributed by atoms with Crippen molar-refractivity contribution in [2.45, 2.75) is 25.8 Å². The molecule has 1 fully saturated rings. The van der Waals surface area contributed by atoms with E-state index in [2.05, 4.69) is 0 Å². The van der Waals surface area contributed by atoms with Crippen molar-refractivity contribution in [1.29, 1.82) is 0 Å². The highest BCUT2D eigenvalue weighted by Crippen LogP contribution is 2.40. The molecule has 1 amide bonds. The summed E-state index contributed by atoms with van der Waals surface area (Å²) >= 11 is 0. The van der Waals surface area contributed by atoms with Crippen molar-refractivity contribution in [1.82, 2.24) is 4.90 Å². The number of carbonyl (C=O) groups is 2. The molecule has 36 heavy (non-hydrogen) atoms. The Morgan fingerprint density at radius 1 is 0.944 bits per heavy atom. The van der Waals surface area contributed by atoms with Crippen LogP contribution >= 0.6 is 0 Å². The van der Waals surface area contributed by atoms with E-state index in [1.807, 2.05) is 80.5 Å². The molecule has 1 aliphatic rings. The van der Waals surface area contributed by atoms with Crippen molar-refractivity contribution in [3.63, 3.8) is 0 Å². The maximum absolute atomic E-state index is 13.3. The summed E-state index contributed by atoms with van der Waals surface area (Å²) in [7, 11) is 3.91. The molecule has 1 saturated heterocycles. The fourth-order valence-electron chi connectivity index (χ4n) is 4.39. The van der Waals surface area contributed by atoms with E-state index < -0.39 is 17.7 Å². The highest BCUT2D eigenvalue weighted by atomic mass is 16.5. The molecule has 6 nitrogen and oxygen atoms in total. The van der Waals surface area contributed by atoms with Crippen LogP contribution in [-0.2, 0) is 16.0 Å². The molecule has 1 aliphatic heterocycles. The largest absolute Gasteiger partial charge is 0.507 e. The fraction of sp³-hybridized carbons (Fsp3) is 0.267. The Hall–Kier alpha value is -4.06. The summed E-state index contributed by atoms with van der Waals surface area (Å²) in [5.41, 5.74) is 3.42. The Morgan fingerprint density at radius 3 is 2.22 bits per heavy atom. The molecular formula is C30H32N2O4. The van der Waals surface area contributed by atoms with E-state index in [-0.39, 0.29) is 11.3 Å². The SMILES string of the molecule is CCCOc1ccc(/C(O)=C2/C(=O)C(=O)N(CCc3ccccc3)C2c2ccc(N(C)C)cc2)cc1. The highest BCUT2D eigenvalue weighted by molar-refractivity contribution is 6.46. The molecule has 1 heterocycles. The molecule has 3 aromatic carbocycles. The van der Waals surface area contributed by atoms with Crippen LogP contribution in [-0.4, -0.2) is 48.9 Å². The number of Topliss-reactive ketones (excluding diaryl/α,β-unsaturated/α-hetero) is 1. The van der Waals surface area contributed by atoms with Crippen molar-refractivity contribution in [2.75, 3.05) is 32.1 Å². The van der Waals surface area contributed by atoms with Gasteiger partial charge in [0.2, 0.25) is 0 Å². The van der Waals surface area contributed by atoms with Crippen LogP contribution in [0.15, 0.2) is 84.4 Å². The fourth-order valence-corrected chi connectivity index (χ4v) is 4.39. The summed E-state index contributed by atoms with van der Waals surface area (Å²) < 4.78 is 5.63. The first-order valence-electron chi connectivity index (χ1n) is 12.2. The van der Waals surface area contributed by atoms with Crippen LogP contribution in [0.2, 0.25) is 0 Å². The molecule has 1 N–H and O–H groups in total. The van der Waals surface area contributed by atoms with E-state index in [1.165, 1.54) is 0 Å². The van der Waals surface area contributed by atoms with Crippen LogP contribution in [0.4, 0.5) is 5.69 Å². The average Bonchev–Trinajstić information content (AvgIpc) is 3.16. The third-order valence-corrected chi connectivity index (χ3v) is 6.35. The van der Waals surface area contributed by atoms with E-state index in [9.17, 15) is 14.7 Å². The summed E-state index contributed by atoms with van der Waals surface area (Å²) in [6, 6.07) is 23.8. The average molecular weight is 485 g/mol. The van der Waals surface area contributed by atoms with Gasteiger partial charge < -0.3 is 19.6 Å². The normalized spacial score (nSPS) is 16.9. The molecule has 0 aliphatic carbocycles. The van der Waals surface area contributed by atoms with Gasteiger partial charge in [0.15, 0.2) is 0 Å². The van der Waals surface area contributed by atoms with Crippen molar-refractivity contribution in [3.8, 4) is 5.75 Å². The van der Waals surface area contributed by atoms with Crippen molar-refractivity contribution >= 4 is 23.1 Å². The van der Waals surface area contributed by atoms with E-state index in [4.69, 9.17) is 4.74 Å². The molecule has 6 heteroatoms. The maximum Gasteiger partial charge on any atom is 0.295 e. The predicted octanol–water partition coefficient (Wildman–Crippen LogP) is 5.21. The first-order valence-corrected chi connectivity index (χ1v) is 12.2. The zero-order valence-corrected chi connectivity index (χ0v) is 21.0. The Balaban J connectivity index is 1.73. The molecule has 1 unspecified atom stereocenters. The van der Waals surface area contributed by atoms with Crippen LogP contribution in [0.1, 0.15) is 36.1 Å². The Kier molecular flexibility index (Phi) is 7.74. The standard InChI is InChI=1S/C30H32N2O4/c1-4-20-36-25-16-12-23(13-17-25)28(33)26-27(22-10-14-24(15-11-22)31(2)3)32(30(35)29(26)34)19-18-21-8-6-5-7-9-21/h5-17,27,33H,4,18-20H2,1-3H3/b28-26-. The van der Waals surface area contributed by atoms with Crippen LogP contribution in [0, 0.1) is 0 Å². The lowest BCUT2D eigenvalue weighted by molar-refractivity contribution is -0.139. The minimum atomic E-state index is -0.680. The molecule has 0 spiro atoms. The predicted molar refractivity (Wildman–Crippen MR) is 142 cm³/mol. The number of nitrogens with zero attached hydrogens (tertiary/aromatic N) is 2. The van der Waals surface area contributed by atoms with Gasteiger partial charge in [0.25, 0.3) is 11.7 Å².